The number of rotatable bonds is 7. The highest BCUT2D eigenvalue weighted by Crippen LogP contribution is 2.31. The number of hydrogen-bond acceptors (Lipinski definition) is 6. The molecule has 6 nitrogen and oxygen atoms in total. The number of likely N-dealkylation sites (tertiary alicyclic amines) is 2. The van der Waals surface area contributed by atoms with E-state index >= 15 is 0 Å². The molecule has 0 aromatic carbocycles. The zero-order chi connectivity index (χ0) is 24.0. The molecule has 3 aliphatic rings. The molecule has 0 radical (unpaired) electrons. The minimum atomic E-state index is -0.121. The zero-order valence-electron chi connectivity index (χ0n) is 20.2. The van der Waals surface area contributed by atoms with Crippen LogP contribution in [0.5, 0.6) is 0 Å². The normalized spacial score (nSPS) is 19.3. The van der Waals surface area contributed by atoms with Gasteiger partial charge in [0.15, 0.2) is 0 Å². The van der Waals surface area contributed by atoms with Crippen LogP contribution in [0.25, 0.3) is 0 Å². The number of nitrogens with one attached hydrogen (secondary N) is 1. The van der Waals surface area contributed by atoms with Crippen LogP contribution in [0.1, 0.15) is 77.7 Å². The van der Waals surface area contributed by atoms with Gasteiger partial charge >= 0.3 is 0 Å². The molecule has 4 heterocycles. The molecule has 0 bridgehead atoms. The first-order chi connectivity index (χ1) is 17.2. The van der Waals surface area contributed by atoms with Crippen LogP contribution in [0.3, 0.4) is 0 Å². The first kappa shape index (κ1) is 24.3. The topological polar surface area (TPSA) is 65.5 Å². The number of amides is 2. The van der Waals surface area contributed by atoms with Gasteiger partial charge in [-0.1, -0.05) is 12.1 Å². The summed E-state index contributed by atoms with van der Waals surface area (Å²) in [5, 5.41) is 8.12. The summed E-state index contributed by atoms with van der Waals surface area (Å²) < 4.78 is 0. The predicted molar refractivity (Wildman–Crippen MR) is 142 cm³/mol. The van der Waals surface area contributed by atoms with Crippen LogP contribution in [0.15, 0.2) is 46.4 Å². The maximum absolute atomic E-state index is 13.0. The van der Waals surface area contributed by atoms with Gasteiger partial charge in [-0.25, -0.2) is 4.98 Å². The number of aromatic nitrogens is 1. The van der Waals surface area contributed by atoms with Crippen molar-refractivity contribution < 1.29 is 9.59 Å². The lowest BCUT2D eigenvalue weighted by atomic mass is 9.97. The van der Waals surface area contributed by atoms with Gasteiger partial charge in [0.2, 0.25) is 5.91 Å². The third-order valence-electron chi connectivity index (χ3n) is 7.25. The maximum Gasteiger partial charge on any atom is 0.275 e. The molecule has 1 N–H and O–H groups in total. The first-order valence-corrected chi connectivity index (χ1v) is 14.6. The third-order valence-corrected chi connectivity index (χ3v) is 9.19. The quantitative estimate of drug-likeness (QED) is 0.548. The summed E-state index contributed by atoms with van der Waals surface area (Å²) in [7, 11) is 0. The summed E-state index contributed by atoms with van der Waals surface area (Å²) in [6.45, 7) is 3.70. The van der Waals surface area contributed by atoms with E-state index < -0.39 is 0 Å². The van der Waals surface area contributed by atoms with Crippen LogP contribution in [-0.4, -0.2) is 52.8 Å². The van der Waals surface area contributed by atoms with E-state index in [0.717, 1.165) is 69.0 Å². The monoisotopic (exact) mass is 510 g/mol. The van der Waals surface area contributed by atoms with E-state index in [1.807, 2.05) is 16.3 Å². The Bertz CT molecular complexity index is 1070. The van der Waals surface area contributed by atoms with Crippen molar-refractivity contribution in [2.75, 3.05) is 26.2 Å². The van der Waals surface area contributed by atoms with Crippen molar-refractivity contribution >= 4 is 34.5 Å². The van der Waals surface area contributed by atoms with Crippen LogP contribution in [-0.2, 0) is 11.2 Å². The maximum atomic E-state index is 13.0. The van der Waals surface area contributed by atoms with Gasteiger partial charge in [-0.15, -0.1) is 22.7 Å². The summed E-state index contributed by atoms with van der Waals surface area (Å²) >= 11 is 3.29. The standard InChI is InChI=1S/C27H34N4O2S2/c32-25(11-10-21-7-6-18-34-21)31-16-12-20(13-17-31)27-29-23(19-35-27)26(33)28-22-8-2-3-9-24(22)30-14-4-1-5-15-30/h2,6-8,18-20H,1,3-5,9-17H2,(H,28,33). The molecule has 0 spiro atoms. The number of nitrogens with zero attached hydrogens (tertiary/aromatic N) is 3. The molecule has 2 amide bonds. The Labute approximate surface area is 215 Å². The van der Waals surface area contributed by atoms with Crippen molar-refractivity contribution in [2.24, 2.45) is 0 Å². The molecule has 8 heteroatoms. The van der Waals surface area contributed by atoms with Crippen molar-refractivity contribution in [1.82, 2.24) is 20.1 Å². The second kappa shape index (κ2) is 11.5. The highest BCUT2D eigenvalue weighted by molar-refractivity contribution is 7.10. The highest BCUT2D eigenvalue weighted by Gasteiger charge is 2.27. The molecule has 186 valence electrons. The van der Waals surface area contributed by atoms with Crippen molar-refractivity contribution in [3.63, 3.8) is 0 Å². The number of piperidine rings is 2. The van der Waals surface area contributed by atoms with Gasteiger partial charge in [0, 0.05) is 54.5 Å². The molecule has 5 rings (SSSR count). The lowest BCUT2D eigenvalue weighted by molar-refractivity contribution is -0.132. The van der Waals surface area contributed by atoms with E-state index in [2.05, 4.69) is 33.8 Å². The molecule has 0 saturated carbocycles. The molecular weight excluding hydrogens is 476 g/mol. The lowest BCUT2D eigenvalue weighted by Crippen LogP contribution is -2.38. The SMILES string of the molecule is O=C(NC1=C(N2CCCCC2)CCC=C1)c1csc(C2CCN(C(=O)CCc3cccs3)CC2)n1. The molecule has 2 aromatic heterocycles. The van der Waals surface area contributed by atoms with Crippen LogP contribution >= 0.6 is 22.7 Å². The van der Waals surface area contributed by atoms with Crippen LogP contribution in [0.2, 0.25) is 0 Å². The minimum absolute atomic E-state index is 0.121. The van der Waals surface area contributed by atoms with E-state index in [0.29, 0.717) is 18.0 Å². The molecule has 35 heavy (non-hydrogen) atoms. The summed E-state index contributed by atoms with van der Waals surface area (Å²) in [6.07, 6.45) is 13.2. The smallest absolute Gasteiger partial charge is 0.275 e. The number of thiazole rings is 1. The number of thiophene rings is 1. The number of carbonyl (C=O) groups is 2. The third kappa shape index (κ3) is 6.04. The first-order valence-electron chi connectivity index (χ1n) is 12.9. The Kier molecular flexibility index (Phi) is 7.99. The lowest BCUT2D eigenvalue weighted by Gasteiger charge is -2.33. The Morgan fingerprint density at radius 2 is 1.91 bits per heavy atom. The number of aryl methyl sites for hydroxylation is 1. The van der Waals surface area contributed by atoms with Gasteiger partial charge in [-0.3, -0.25) is 9.59 Å². The van der Waals surface area contributed by atoms with E-state index in [1.54, 1.807) is 22.7 Å². The molecular formula is C27H34N4O2S2. The van der Waals surface area contributed by atoms with Crippen molar-refractivity contribution in [3.05, 3.63) is 62.0 Å². The van der Waals surface area contributed by atoms with Crippen molar-refractivity contribution in [2.45, 2.75) is 63.7 Å². The van der Waals surface area contributed by atoms with E-state index in [-0.39, 0.29) is 11.8 Å². The molecule has 0 atom stereocenters. The van der Waals surface area contributed by atoms with Gasteiger partial charge < -0.3 is 15.1 Å². The average Bonchev–Trinajstić information content (AvgIpc) is 3.61. The van der Waals surface area contributed by atoms with Crippen LogP contribution in [0.4, 0.5) is 0 Å². The second-order valence-corrected chi connectivity index (χ2v) is 11.5. The Morgan fingerprint density at radius 3 is 2.69 bits per heavy atom. The Hall–Kier alpha value is -2.45. The highest BCUT2D eigenvalue weighted by atomic mass is 32.1. The molecule has 2 aromatic rings. The van der Waals surface area contributed by atoms with E-state index in [9.17, 15) is 9.59 Å². The van der Waals surface area contributed by atoms with Gasteiger partial charge in [0.25, 0.3) is 5.91 Å². The van der Waals surface area contributed by atoms with Gasteiger partial charge in [0.05, 0.1) is 10.7 Å². The molecule has 2 aliphatic heterocycles. The number of carbonyl (C=O) groups excluding carboxylic acids is 2. The van der Waals surface area contributed by atoms with Gasteiger partial charge in [0.1, 0.15) is 5.69 Å². The van der Waals surface area contributed by atoms with Crippen LogP contribution < -0.4 is 5.32 Å². The molecule has 2 saturated heterocycles. The Balaban J connectivity index is 1.15. The number of hydrogen-bond donors (Lipinski definition) is 1. The summed E-state index contributed by atoms with van der Waals surface area (Å²) in [6, 6.07) is 4.13. The van der Waals surface area contributed by atoms with Crippen molar-refractivity contribution in [1.29, 1.82) is 0 Å². The molecule has 1 aliphatic carbocycles. The van der Waals surface area contributed by atoms with Gasteiger partial charge in [-0.05, 0) is 68.9 Å². The summed E-state index contributed by atoms with van der Waals surface area (Å²) in [5.41, 5.74) is 2.71. The molecule has 0 unspecified atom stereocenters. The van der Waals surface area contributed by atoms with E-state index in [4.69, 9.17) is 4.98 Å². The van der Waals surface area contributed by atoms with Gasteiger partial charge in [-0.2, -0.15) is 0 Å². The Morgan fingerprint density at radius 1 is 1.09 bits per heavy atom. The molecule has 2 fully saturated rings. The summed E-state index contributed by atoms with van der Waals surface area (Å²) in [4.78, 5) is 36.1. The predicted octanol–water partition coefficient (Wildman–Crippen LogP) is 5.32. The minimum Gasteiger partial charge on any atom is -0.373 e. The fraction of sp³-hybridized carbons (Fsp3) is 0.519. The fourth-order valence-electron chi connectivity index (χ4n) is 5.24. The summed E-state index contributed by atoms with van der Waals surface area (Å²) in [5.74, 6) is 0.444. The second-order valence-electron chi connectivity index (χ2n) is 9.61. The zero-order valence-corrected chi connectivity index (χ0v) is 21.8. The fourth-order valence-corrected chi connectivity index (χ4v) is 6.92. The van der Waals surface area contributed by atoms with Crippen LogP contribution in [0, 0.1) is 0 Å². The van der Waals surface area contributed by atoms with Crippen molar-refractivity contribution in [3.8, 4) is 0 Å². The average molecular weight is 511 g/mol. The largest absolute Gasteiger partial charge is 0.373 e. The van der Waals surface area contributed by atoms with E-state index in [1.165, 1.54) is 29.8 Å². The number of allylic oxidation sites excluding steroid dienone is 3.